The third-order valence-corrected chi connectivity index (χ3v) is 4.12. The molecule has 1 aromatic carbocycles. The quantitative estimate of drug-likeness (QED) is 0.749. The number of carbonyl (C=O) groups is 1. The van der Waals surface area contributed by atoms with E-state index in [0.717, 1.165) is 37.2 Å². The molecule has 0 aromatic heterocycles. The lowest BCUT2D eigenvalue weighted by molar-refractivity contribution is -0.119. The Bertz CT molecular complexity index is 496. The molecule has 21 heavy (non-hydrogen) atoms. The number of halogens is 1. The summed E-state index contributed by atoms with van der Waals surface area (Å²) in [5.41, 5.74) is 7.50. The maximum absolute atomic E-state index is 11.6. The fourth-order valence-corrected chi connectivity index (χ4v) is 2.97. The summed E-state index contributed by atoms with van der Waals surface area (Å²) in [6.45, 7) is 2.87. The summed E-state index contributed by atoms with van der Waals surface area (Å²) in [5.74, 6) is -0.272. The molecule has 1 aliphatic rings. The van der Waals surface area contributed by atoms with Gasteiger partial charge < -0.3 is 20.7 Å². The monoisotopic (exact) mass is 311 g/mol. The van der Waals surface area contributed by atoms with E-state index < -0.39 is 0 Å². The molecule has 0 spiro atoms. The number of methoxy groups -OCH3 is 1. The lowest BCUT2D eigenvalue weighted by Crippen LogP contribution is -2.41. The van der Waals surface area contributed by atoms with Crippen molar-refractivity contribution in [2.45, 2.75) is 25.4 Å². The number of benzene rings is 1. The van der Waals surface area contributed by atoms with Crippen molar-refractivity contribution in [1.82, 2.24) is 5.32 Å². The van der Waals surface area contributed by atoms with Crippen LogP contribution in [-0.2, 0) is 16.1 Å². The second kappa shape index (κ2) is 7.64. The molecule has 3 N–H and O–H groups in total. The van der Waals surface area contributed by atoms with Crippen LogP contribution in [0.4, 0.5) is 5.69 Å². The van der Waals surface area contributed by atoms with Crippen molar-refractivity contribution in [2.24, 2.45) is 5.73 Å². The van der Waals surface area contributed by atoms with Gasteiger partial charge in [-0.25, -0.2) is 0 Å². The number of nitrogens with zero attached hydrogens (tertiary/aromatic N) is 1. The van der Waals surface area contributed by atoms with Crippen molar-refractivity contribution in [3.05, 3.63) is 28.8 Å². The van der Waals surface area contributed by atoms with E-state index in [9.17, 15) is 4.79 Å². The lowest BCUT2D eigenvalue weighted by Gasteiger charge is -2.27. The highest BCUT2D eigenvalue weighted by Crippen LogP contribution is 2.32. The van der Waals surface area contributed by atoms with E-state index in [4.69, 9.17) is 22.1 Å². The van der Waals surface area contributed by atoms with E-state index in [0.29, 0.717) is 18.2 Å². The van der Waals surface area contributed by atoms with Gasteiger partial charge in [0.25, 0.3) is 0 Å². The molecule has 1 saturated heterocycles. The normalized spacial score (nSPS) is 18.2. The van der Waals surface area contributed by atoms with Crippen LogP contribution in [0.1, 0.15) is 18.4 Å². The Morgan fingerprint density at radius 1 is 1.57 bits per heavy atom. The minimum atomic E-state index is -0.272. The summed E-state index contributed by atoms with van der Waals surface area (Å²) in [7, 11) is 1.67. The Kier molecular flexibility index (Phi) is 5.85. The Balaban J connectivity index is 2.18. The Labute approximate surface area is 130 Å². The number of nitrogens with two attached hydrogens (primary N) is 1. The third-order valence-electron chi connectivity index (χ3n) is 3.77. The van der Waals surface area contributed by atoms with E-state index in [1.165, 1.54) is 0 Å². The van der Waals surface area contributed by atoms with E-state index in [2.05, 4.69) is 10.2 Å². The molecule has 2 rings (SSSR count). The van der Waals surface area contributed by atoms with Crippen molar-refractivity contribution in [3.8, 4) is 0 Å². The minimum absolute atomic E-state index is 0.235. The third kappa shape index (κ3) is 3.87. The number of ether oxygens (including phenoxy) is 1. The highest BCUT2D eigenvalue weighted by atomic mass is 35.5. The molecule has 5 nitrogen and oxygen atoms in total. The molecule has 1 unspecified atom stereocenters. The number of carbonyl (C=O) groups excluding carboxylic acids is 1. The van der Waals surface area contributed by atoms with Gasteiger partial charge in [0, 0.05) is 43.0 Å². The smallest absolute Gasteiger partial charge is 0.240 e. The van der Waals surface area contributed by atoms with Gasteiger partial charge in [-0.3, -0.25) is 4.79 Å². The number of amides is 1. The zero-order valence-electron chi connectivity index (χ0n) is 12.3. The summed E-state index contributed by atoms with van der Waals surface area (Å²) in [4.78, 5) is 13.7. The number of primary amides is 1. The second-order valence-corrected chi connectivity index (χ2v) is 5.57. The average molecular weight is 312 g/mol. The molecule has 1 heterocycles. The van der Waals surface area contributed by atoms with Gasteiger partial charge in [-0.05, 0) is 25.0 Å². The molecular formula is C15H22ClN3O2. The molecule has 1 fully saturated rings. The summed E-state index contributed by atoms with van der Waals surface area (Å²) in [6.07, 6.45) is 1.77. The van der Waals surface area contributed by atoms with Crippen LogP contribution < -0.4 is 16.0 Å². The number of rotatable bonds is 7. The van der Waals surface area contributed by atoms with E-state index >= 15 is 0 Å². The van der Waals surface area contributed by atoms with Crippen LogP contribution in [0.2, 0.25) is 5.02 Å². The lowest BCUT2D eigenvalue weighted by atomic mass is 10.1. The molecular weight excluding hydrogens is 290 g/mol. The Morgan fingerprint density at radius 3 is 3.10 bits per heavy atom. The fraction of sp³-hybridized carbons (Fsp3) is 0.533. The zero-order valence-corrected chi connectivity index (χ0v) is 13.0. The molecule has 0 saturated carbocycles. The summed E-state index contributed by atoms with van der Waals surface area (Å²) < 4.78 is 5.02. The molecule has 0 aliphatic carbocycles. The highest BCUT2D eigenvalue weighted by molar-refractivity contribution is 6.31. The number of anilines is 1. The second-order valence-electron chi connectivity index (χ2n) is 5.16. The molecule has 1 amide bonds. The van der Waals surface area contributed by atoms with Gasteiger partial charge in [-0.2, -0.15) is 0 Å². The van der Waals surface area contributed by atoms with Gasteiger partial charge in [-0.15, -0.1) is 0 Å². The van der Waals surface area contributed by atoms with E-state index in [-0.39, 0.29) is 11.9 Å². The standard InChI is InChI=1S/C15H22ClN3O2/c1-21-9-7-18-10-11-12(16)4-2-5-13(11)19-8-3-6-14(19)15(17)20/h2,4-5,14,18H,3,6-10H2,1H3,(H2,17,20). The predicted octanol–water partition coefficient (Wildman–Crippen LogP) is 1.53. The first-order valence-corrected chi connectivity index (χ1v) is 7.56. The minimum Gasteiger partial charge on any atom is -0.383 e. The summed E-state index contributed by atoms with van der Waals surface area (Å²) >= 11 is 6.33. The van der Waals surface area contributed by atoms with Gasteiger partial charge in [-0.1, -0.05) is 17.7 Å². The Morgan fingerprint density at radius 2 is 2.38 bits per heavy atom. The SMILES string of the molecule is COCCNCc1c(Cl)cccc1N1CCCC1C(N)=O. The molecule has 6 heteroatoms. The van der Waals surface area contributed by atoms with Gasteiger partial charge >= 0.3 is 0 Å². The number of hydrogen-bond acceptors (Lipinski definition) is 4. The van der Waals surface area contributed by atoms with Crippen molar-refractivity contribution < 1.29 is 9.53 Å². The van der Waals surface area contributed by atoms with Crippen molar-refractivity contribution >= 4 is 23.2 Å². The van der Waals surface area contributed by atoms with Crippen LogP contribution in [0.3, 0.4) is 0 Å². The Hall–Kier alpha value is -1.30. The van der Waals surface area contributed by atoms with Gasteiger partial charge in [0.1, 0.15) is 6.04 Å². The van der Waals surface area contributed by atoms with Crippen LogP contribution in [0, 0.1) is 0 Å². The maximum atomic E-state index is 11.6. The van der Waals surface area contributed by atoms with Crippen molar-refractivity contribution in [3.63, 3.8) is 0 Å². The fourth-order valence-electron chi connectivity index (χ4n) is 2.73. The van der Waals surface area contributed by atoms with Gasteiger partial charge in [0.2, 0.25) is 5.91 Å². The van der Waals surface area contributed by atoms with Crippen LogP contribution in [0.25, 0.3) is 0 Å². The number of hydrogen-bond donors (Lipinski definition) is 2. The van der Waals surface area contributed by atoms with Crippen molar-refractivity contribution in [2.75, 3.05) is 31.7 Å². The van der Waals surface area contributed by atoms with Crippen LogP contribution in [-0.4, -0.2) is 38.8 Å². The van der Waals surface area contributed by atoms with E-state index in [1.807, 2.05) is 18.2 Å². The first-order valence-electron chi connectivity index (χ1n) is 7.18. The largest absolute Gasteiger partial charge is 0.383 e. The van der Waals surface area contributed by atoms with Gasteiger partial charge in [0.15, 0.2) is 0 Å². The topological polar surface area (TPSA) is 67.6 Å². The molecule has 0 radical (unpaired) electrons. The molecule has 116 valence electrons. The average Bonchev–Trinajstić information content (AvgIpc) is 2.94. The van der Waals surface area contributed by atoms with Crippen LogP contribution in [0.5, 0.6) is 0 Å². The first-order chi connectivity index (χ1) is 10.1. The van der Waals surface area contributed by atoms with Crippen LogP contribution >= 0.6 is 11.6 Å². The first kappa shape index (κ1) is 16.1. The zero-order chi connectivity index (χ0) is 15.2. The molecule has 1 aliphatic heterocycles. The summed E-state index contributed by atoms with van der Waals surface area (Å²) in [5, 5.41) is 4.00. The molecule has 1 atom stereocenters. The molecule has 1 aromatic rings. The highest BCUT2D eigenvalue weighted by Gasteiger charge is 2.30. The van der Waals surface area contributed by atoms with E-state index in [1.54, 1.807) is 7.11 Å². The maximum Gasteiger partial charge on any atom is 0.240 e. The van der Waals surface area contributed by atoms with Gasteiger partial charge in [0.05, 0.1) is 6.61 Å². The predicted molar refractivity (Wildman–Crippen MR) is 84.6 cm³/mol. The number of nitrogens with one attached hydrogen (secondary N) is 1. The summed E-state index contributed by atoms with van der Waals surface area (Å²) in [6, 6.07) is 5.54. The van der Waals surface area contributed by atoms with Crippen molar-refractivity contribution in [1.29, 1.82) is 0 Å². The molecule has 0 bridgehead atoms. The van der Waals surface area contributed by atoms with Crippen LogP contribution in [0.15, 0.2) is 18.2 Å².